The van der Waals surface area contributed by atoms with Crippen molar-refractivity contribution in [3.8, 4) is 0 Å². The summed E-state index contributed by atoms with van der Waals surface area (Å²) in [6, 6.07) is 1.58. The van der Waals surface area contributed by atoms with Crippen LogP contribution in [-0.2, 0) is 10.3 Å². The van der Waals surface area contributed by atoms with Gasteiger partial charge in [0, 0.05) is 13.2 Å². The molecule has 5 nitrogen and oxygen atoms in total. The molecule has 0 bridgehead atoms. The van der Waals surface area contributed by atoms with E-state index in [4.69, 9.17) is 4.74 Å². The molecular formula is C14H22N2O3S. The second-order valence-corrected chi connectivity index (χ2v) is 6.19. The van der Waals surface area contributed by atoms with E-state index in [0.717, 1.165) is 18.1 Å². The quantitative estimate of drug-likeness (QED) is 0.640. The molecule has 112 valence electrons. The van der Waals surface area contributed by atoms with Gasteiger partial charge in [0.05, 0.1) is 13.2 Å². The number of aliphatic hydroxyl groups is 1. The van der Waals surface area contributed by atoms with E-state index >= 15 is 0 Å². The van der Waals surface area contributed by atoms with Gasteiger partial charge in [-0.15, -0.1) is 0 Å². The lowest BCUT2D eigenvalue weighted by Gasteiger charge is -2.22. The molecule has 2 amide bonds. The fourth-order valence-electron chi connectivity index (χ4n) is 1.76. The molecular weight excluding hydrogens is 276 g/mol. The summed E-state index contributed by atoms with van der Waals surface area (Å²) in [5.74, 6) is 0.740. The second-order valence-electron chi connectivity index (χ2n) is 5.41. The smallest absolute Gasteiger partial charge is 0.314 e. The van der Waals surface area contributed by atoms with E-state index < -0.39 is 5.60 Å². The maximum Gasteiger partial charge on any atom is 0.314 e. The van der Waals surface area contributed by atoms with Gasteiger partial charge in [0.15, 0.2) is 0 Å². The minimum Gasteiger partial charge on any atom is -0.384 e. The first-order chi connectivity index (χ1) is 9.58. The molecule has 1 heterocycles. The molecule has 1 aliphatic rings. The average molecular weight is 298 g/mol. The Kier molecular flexibility index (Phi) is 5.39. The van der Waals surface area contributed by atoms with Gasteiger partial charge >= 0.3 is 6.03 Å². The van der Waals surface area contributed by atoms with Crippen LogP contribution in [0, 0.1) is 5.92 Å². The molecule has 6 heteroatoms. The van der Waals surface area contributed by atoms with Crippen molar-refractivity contribution in [2.75, 3.05) is 26.3 Å². The van der Waals surface area contributed by atoms with E-state index in [1.165, 1.54) is 24.2 Å². The monoisotopic (exact) mass is 298 g/mol. The lowest BCUT2D eigenvalue weighted by atomic mass is 9.99. The Bertz CT molecular complexity index is 416. The Morgan fingerprint density at radius 3 is 3.00 bits per heavy atom. The maximum absolute atomic E-state index is 11.6. The van der Waals surface area contributed by atoms with Gasteiger partial charge in [0.25, 0.3) is 0 Å². The number of nitrogens with one attached hydrogen (secondary N) is 2. The SMILES string of the molecule is C[C@](O)(CNC(=O)NCCOCC1CC1)c1ccsc1. The first-order valence-corrected chi connectivity index (χ1v) is 7.87. The Hall–Kier alpha value is -1.11. The summed E-state index contributed by atoms with van der Waals surface area (Å²) in [4.78, 5) is 11.6. The van der Waals surface area contributed by atoms with Crippen molar-refractivity contribution in [3.05, 3.63) is 22.4 Å². The van der Waals surface area contributed by atoms with Gasteiger partial charge in [-0.3, -0.25) is 0 Å². The summed E-state index contributed by atoms with van der Waals surface area (Å²) >= 11 is 1.52. The van der Waals surface area contributed by atoms with E-state index in [2.05, 4.69) is 10.6 Å². The van der Waals surface area contributed by atoms with Crippen molar-refractivity contribution in [2.45, 2.75) is 25.4 Å². The third-order valence-electron chi connectivity index (χ3n) is 3.32. The molecule has 20 heavy (non-hydrogen) atoms. The summed E-state index contributed by atoms with van der Waals surface area (Å²) in [7, 11) is 0. The molecule has 3 N–H and O–H groups in total. The number of ether oxygens (including phenoxy) is 1. The summed E-state index contributed by atoms with van der Waals surface area (Å²) in [5.41, 5.74) is -0.227. The normalized spacial score (nSPS) is 17.5. The predicted molar refractivity (Wildman–Crippen MR) is 78.8 cm³/mol. The Morgan fingerprint density at radius 2 is 2.35 bits per heavy atom. The van der Waals surface area contributed by atoms with E-state index in [9.17, 15) is 9.90 Å². The molecule has 0 aromatic carbocycles. The van der Waals surface area contributed by atoms with Crippen LogP contribution in [0.5, 0.6) is 0 Å². The molecule has 2 rings (SSSR count). The Balaban J connectivity index is 1.57. The van der Waals surface area contributed by atoms with Crippen LogP contribution < -0.4 is 10.6 Å². The lowest BCUT2D eigenvalue weighted by molar-refractivity contribution is 0.0596. The Morgan fingerprint density at radius 1 is 1.55 bits per heavy atom. The zero-order valence-corrected chi connectivity index (χ0v) is 12.5. The summed E-state index contributed by atoms with van der Waals surface area (Å²) < 4.78 is 5.42. The van der Waals surface area contributed by atoms with E-state index in [0.29, 0.717) is 13.2 Å². The minimum atomic E-state index is -1.04. The molecule has 1 aromatic rings. The van der Waals surface area contributed by atoms with Crippen molar-refractivity contribution >= 4 is 17.4 Å². The number of hydrogen-bond acceptors (Lipinski definition) is 4. The number of amides is 2. The number of carbonyl (C=O) groups is 1. The zero-order valence-electron chi connectivity index (χ0n) is 11.7. The molecule has 1 atom stereocenters. The summed E-state index contributed by atoms with van der Waals surface area (Å²) in [6.07, 6.45) is 2.54. The topological polar surface area (TPSA) is 70.6 Å². The highest BCUT2D eigenvalue weighted by molar-refractivity contribution is 7.08. The average Bonchev–Trinajstić information content (AvgIpc) is 3.06. The van der Waals surface area contributed by atoms with E-state index in [1.54, 1.807) is 6.92 Å². The van der Waals surface area contributed by atoms with E-state index in [-0.39, 0.29) is 12.6 Å². The molecule has 0 unspecified atom stereocenters. The van der Waals surface area contributed by atoms with Gasteiger partial charge in [0.1, 0.15) is 5.60 Å². The van der Waals surface area contributed by atoms with Crippen molar-refractivity contribution in [1.29, 1.82) is 0 Å². The first kappa shape index (κ1) is 15.3. The van der Waals surface area contributed by atoms with Gasteiger partial charge in [-0.1, -0.05) is 0 Å². The van der Waals surface area contributed by atoms with Crippen LogP contribution in [0.2, 0.25) is 0 Å². The molecule has 1 fully saturated rings. The summed E-state index contributed by atoms with van der Waals surface area (Å²) in [6.45, 7) is 3.69. The lowest BCUT2D eigenvalue weighted by Crippen LogP contribution is -2.44. The largest absolute Gasteiger partial charge is 0.384 e. The van der Waals surface area contributed by atoms with Crippen LogP contribution in [0.4, 0.5) is 4.79 Å². The predicted octanol–water partition coefficient (Wildman–Crippen LogP) is 1.68. The number of thiophene rings is 1. The minimum absolute atomic E-state index is 0.179. The zero-order chi connectivity index (χ0) is 14.4. The van der Waals surface area contributed by atoms with Gasteiger partial charge in [-0.05, 0) is 48.1 Å². The van der Waals surface area contributed by atoms with Crippen molar-refractivity contribution in [2.24, 2.45) is 5.92 Å². The number of carbonyl (C=O) groups excluding carboxylic acids is 1. The first-order valence-electron chi connectivity index (χ1n) is 6.92. The van der Waals surface area contributed by atoms with Gasteiger partial charge in [-0.25, -0.2) is 4.79 Å². The third-order valence-corrected chi connectivity index (χ3v) is 4.00. The molecule has 0 aliphatic heterocycles. The molecule has 0 spiro atoms. The number of urea groups is 1. The molecule has 1 aliphatic carbocycles. The van der Waals surface area contributed by atoms with Crippen LogP contribution in [0.3, 0.4) is 0 Å². The van der Waals surface area contributed by atoms with Crippen LogP contribution in [0.1, 0.15) is 25.3 Å². The van der Waals surface area contributed by atoms with Crippen molar-refractivity contribution in [1.82, 2.24) is 10.6 Å². The summed E-state index contributed by atoms with van der Waals surface area (Å²) in [5, 5.41) is 19.4. The highest BCUT2D eigenvalue weighted by Crippen LogP contribution is 2.28. The van der Waals surface area contributed by atoms with Crippen LogP contribution >= 0.6 is 11.3 Å². The Labute approximate surface area is 123 Å². The maximum atomic E-state index is 11.6. The van der Waals surface area contributed by atoms with E-state index in [1.807, 2.05) is 16.8 Å². The van der Waals surface area contributed by atoms with Crippen LogP contribution in [0.15, 0.2) is 16.8 Å². The second kappa shape index (κ2) is 7.06. The fraction of sp³-hybridized carbons (Fsp3) is 0.643. The highest BCUT2D eigenvalue weighted by Gasteiger charge is 2.24. The van der Waals surface area contributed by atoms with Gasteiger partial charge < -0.3 is 20.5 Å². The number of hydrogen-bond donors (Lipinski definition) is 3. The number of rotatable bonds is 8. The van der Waals surface area contributed by atoms with Crippen LogP contribution in [-0.4, -0.2) is 37.4 Å². The molecule has 0 saturated heterocycles. The molecule has 1 aromatic heterocycles. The fourth-order valence-corrected chi connectivity index (χ4v) is 2.54. The standard InChI is InChI=1S/C14H22N2O3S/c1-14(18,12-4-7-20-9-12)10-16-13(17)15-5-6-19-8-11-2-3-11/h4,7,9,11,18H,2-3,5-6,8,10H2,1H3,(H2,15,16,17)/t14-/m0/s1. The molecule has 0 radical (unpaired) electrons. The van der Waals surface area contributed by atoms with Crippen LogP contribution in [0.25, 0.3) is 0 Å². The third kappa shape index (κ3) is 5.11. The van der Waals surface area contributed by atoms with Crippen molar-refractivity contribution in [3.63, 3.8) is 0 Å². The molecule has 1 saturated carbocycles. The highest BCUT2D eigenvalue weighted by atomic mass is 32.1. The van der Waals surface area contributed by atoms with Gasteiger partial charge in [0.2, 0.25) is 0 Å². The van der Waals surface area contributed by atoms with Gasteiger partial charge in [-0.2, -0.15) is 11.3 Å². The van der Waals surface area contributed by atoms with Crippen molar-refractivity contribution < 1.29 is 14.6 Å².